The number of likely N-dealkylation sites (tertiary alicyclic amines) is 2. The Bertz CT molecular complexity index is 1640. The van der Waals surface area contributed by atoms with Crippen molar-refractivity contribution in [2.75, 3.05) is 19.7 Å². The quantitative estimate of drug-likeness (QED) is 0.362. The Morgan fingerprint density at radius 2 is 1.22 bits per heavy atom. The van der Waals surface area contributed by atoms with Crippen LogP contribution in [0.1, 0.15) is 94.9 Å². The van der Waals surface area contributed by atoms with Gasteiger partial charge in [0.1, 0.15) is 6.61 Å². The second-order valence-corrected chi connectivity index (χ2v) is 15.8. The van der Waals surface area contributed by atoms with E-state index in [0.29, 0.717) is 6.54 Å². The van der Waals surface area contributed by atoms with E-state index in [0.717, 1.165) is 82.7 Å². The molecule has 0 aromatic heterocycles. The minimum atomic E-state index is -0.522. The summed E-state index contributed by atoms with van der Waals surface area (Å²) in [5.74, 6) is -0.514. The minimum Gasteiger partial charge on any atom is -0.389 e. The van der Waals surface area contributed by atoms with Crippen molar-refractivity contribution in [2.45, 2.75) is 117 Å². The third kappa shape index (κ3) is 6.54. The second kappa shape index (κ2) is 14.1. The van der Waals surface area contributed by atoms with Crippen LogP contribution >= 0.6 is 0 Å². The summed E-state index contributed by atoms with van der Waals surface area (Å²) < 4.78 is 0. The van der Waals surface area contributed by atoms with Gasteiger partial charge in [0, 0.05) is 99.7 Å². The van der Waals surface area contributed by atoms with Crippen LogP contribution in [0.25, 0.3) is 0 Å². The van der Waals surface area contributed by atoms with E-state index in [4.69, 9.17) is 15.7 Å². The summed E-state index contributed by atoms with van der Waals surface area (Å²) >= 11 is 0. The summed E-state index contributed by atoms with van der Waals surface area (Å²) in [6, 6.07) is 4.32. The van der Waals surface area contributed by atoms with Gasteiger partial charge in [0.15, 0.2) is 5.78 Å². The summed E-state index contributed by atoms with van der Waals surface area (Å²) in [4.78, 5) is 57.3. The molecule has 50 heavy (non-hydrogen) atoms. The Balaban J connectivity index is 0.932. The van der Waals surface area contributed by atoms with Gasteiger partial charge in [-0.05, 0) is 59.8 Å². The number of nitrogens with zero attached hydrogens (tertiary/aromatic N) is 6. The van der Waals surface area contributed by atoms with Crippen molar-refractivity contribution in [1.82, 2.24) is 19.6 Å². The Morgan fingerprint density at radius 1 is 0.760 bits per heavy atom. The molecule has 6 aliphatic heterocycles. The lowest BCUT2D eigenvalue weighted by Crippen LogP contribution is -2.50. The summed E-state index contributed by atoms with van der Waals surface area (Å²) in [5, 5.41) is 9.30. The maximum atomic E-state index is 13.6. The van der Waals surface area contributed by atoms with E-state index in [9.17, 15) is 19.5 Å². The van der Waals surface area contributed by atoms with Crippen LogP contribution in [0, 0.1) is 17.8 Å². The van der Waals surface area contributed by atoms with Gasteiger partial charge in [-0.25, -0.2) is 0 Å². The molecule has 0 spiro atoms. The first-order valence-electron chi connectivity index (χ1n) is 18.7. The zero-order chi connectivity index (χ0) is 35.3. The van der Waals surface area contributed by atoms with Gasteiger partial charge in [0.2, 0.25) is 11.8 Å². The Labute approximate surface area is 296 Å². The van der Waals surface area contributed by atoms with Crippen LogP contribution in [0.3, 0.4) is 0 Å². The second-order valence-electron chi connectivity index (χ2n) is 15.8. The molecule has 0 bridgehead atoms. The lowest BCUT2D eigenvalue weighted by atomic mass is 9.89. The summed E-state index contributed by atoms with van der Waals surface area (Å²) in [6.07, 6.45) is 9.37. The normalized spacial score (nSPS) is 24.2. The molecule has 1 aromatic rings. The zero-order valence-corrected chi connectivity index (χ0v) is 30.1. The number of allylic oxidation sites excluding steroid dienone is 2. The molecule has 11 nitrogen and oxygen atoms in total. The van der Waals surface area contributed by atoms with Crippen LogP contribution in [-0.2, 0) is 40.6 Å². The van der Waals surface area contributed by atoms with E-state index in [2.05, 4.69) is 21.9 Å². The number of ketones is 1. The maximum Gasteiger partial charge on any atom is 0.240 e. The number of rotatable bonds is 11. The third-order valence-corrected chi connectivity index (χ3v) is 11.9. The molecule has 0 radical (unpaired) electrons. The van der Waals surface area contributed by atoms with Crippen molar-refractivity contribution in [2.24, 2.45) is 33.5 Å². The fourth-order valence-corrected chi connectivity index (χ4v) is 8.75. The molecule has 6 aliphatic rings. The van der Waals surface area contributed by atoms with Gasteiger partial charge in [0.05, 0.1) is 18.1 Å². The van der Waals surface area contributed by atoms with Crippen molar-refractivity contribution in [3.05, 3.63) is 58.2 Å². The molecular weight excluding hydrogens is 630 g/mol. The van der Waals surface area contributed by atoms with Crippen molar-refractivity contribution >= 4 is 29.0 Å². The van der Waals surface area contributed by atoms with Gasteiger partial charge < -0.3 is 30.4 Å². The predicted molar refractivity (Wildman–Crippen MR) is 193 cm³/mol. The number of carbonyl (C=O) groups excluding carboxylic acids is 3. The number of aliphatic hydroxyl groups excluding tert-OH is 1. The van der Waals surface area contributed by atoms with E-state index >= 15 is 0 Å². The molecular formula is C39H53N7O4. The van der Waals surface area contributed by atoms with Crippen molar-refractivity contribution in [1.29, 1.82) is 0 Å². The van der Waals surface area contributed by atoms with Crippen LogP contribution in [0.2, 0.25) is 0 Å². The monoisotopic (exact) mass is 683 g/mol. The maximum absolute atomic E-state index is 13.6. The number of amides is 2. The minimum absolute atomic E-state index is 0.00993. The highest BCUT2D eigenvalue weighted by Crippen LogP contribution is 2.38. The number of fused-ring (bicyclic) bond motifs is 2. The number of Topliss-reactive ketones (excluding diaryl/α,β-unsaturated/α-hetero) is 1. The number of nitrogens with two attached hydrogens (primary N) is 1. The summed E-state index contributed by atoms with van der Waals surface area (Å²) in [5.41, 5.74) is 16.3. The SMILES string of the molecule is CC(C)C(N)C(=O)N1CCCC1C1=NC=C(N2Cc3cc4c(cc3C2)CN(C2=CN=C(C3CCCN3C(=O)C(CC(=O)CO)C(C)C)C2)C4)C1. The molecule has 1 aromatic carbocycles. The number of carbonyl (C=O) groups is 3. The average Bonchev–Trinajstić information content (AvgIpc) is 3.94. The molecule has 4 unspecified atom stereocenters. The van der Waals surface area contributed by atoms with Crippen molar-refractivity contribution < 1.29 is 19.5 Å². The first-order chi connectivity index (χ1) is 24.0. The topological polar surface area (TPSA) is 135 Å². The first-order valence-corrected chi connectivity index (χ1v) is 18.7. The van der Waals surface area contributed by atoms with Crippen LogP contribution < -0.4 is 5.73 Å². The van der Waals surface area contributed by atoms with Crippen molar-refractivity contribution in [3.63, 3.8) is 0 Å². The lowest BCUT2D eigenvalue weighted by molar-refractivity contribution is -0.140. The molecule has 11 heteroatoms. The number of aliphatic imine (C=N–C) groups is 2. The van der Waals surface area contributed by atoms with E-state index in [1.54, 1.807) is 0 Å². The van der Waals surface area contributed by atoms with Crippen LogP contribution in [0.5, 0.6) is 0 Å². The largest absolute Gasteiger partial charge is 0.389 e. The van der Waals surface area contributed by atoms with Gasteiger partial charge in [-0.3, -0.25) is 24.4 Å². The number of aliphatic hydroxyl groups is 1. The van der Waals surface area contributed by atoms with Crippen LogP contribution in [0.15, 0.2) is 45.9 Å². The molecule has 4 atom stereocenters. The van der Waals surface area contributed by atoms with E-state index in [1.807, 2.05) is 49.9 Å². The fourth-order valence-electron chi connectivity index (χ4n) is 8.75. The average molecular weight is 684 g/mol. The van der Waals surface area contributed by atoms with Crippen LogP contribution in [0.4, 0.5) is 0 Å². The van der Waals surface area contributed by atoms with Crippen molar-refractivity contribution in [3.8, 4) is 0 Å². The highest BCUT2D eigenvalue weighted by molar-refractivity contribution is 5.98. The molecule has 0 saturated carbocycles. The van der Waals surface area contributed by atoms with Gasteiger partial charge in [-0.2, -0.15) is 0 Å². The highest BCUT2D eigenvalue weighted by Gasteiger charge is 2.40. The standard InChI is InChI=1S/C39H53N7O4/c1-23(2)32(15-31(48)22-47)38(49)45-9-5-7-35(45)33-13-29(16-41-33)43-18-25-11-27-20-44(21-28(27)12-26(25)19-43)30-14-34(42-17-30)36-8-6-10-46(36)39(50)37(40)24(3)4/h11-12,16-17,23-24,32,35-37,47H,5-10,13-15,18-22,40H2,1-4H3. The third-order valence-electron chi connectivity index (χ3n) is 11.9. The van der Waals surface area contributed by atoms with Crippen LogP contribution in [-0.4, -0.2) is 91.5 Å². The molecule has 2 amide bonds. The molecule has 268 valence electrons. The van der Waals surface area contributed by atoms with E-state index < -0.39 is 18.6 Å². The van der Waals surface area contributed by atoms with E-state index in [-0.39, 0.29) is 47.9 Å². The first kappa shape index (κ1) is 34.6. The molecule has 2 fully saturated rings. The number of hydrogen-bond donors (Lipinski definition) is 2. The molecule has 3 N–H and O–H groups in total. The van der Waals surface area contributed by atoms with Gasteiger partial charge in [0.25, 0.3) is 0 Å². The predicted octanol–water partition coefficient (Wildman–Crippen LogP) is 3.88. The zero-order valence-electron chi connectivity index (χ0n) is 30.1. The Hall–Kier alpha value is -3.83. The fraction of sp³-hybridized carbons (Fsp3) is 0.615. The Morgan fingerprint density at radius 3 is 1.64 bits per heavy atom. The molecule has 6 heterocycles. The smallest absolute Gasteiger partial charge is 0.240 e. The van der Waals surface area contributed by atoms with Gasteiger partial charge in [-0.15, -0.1) is 0 Å². The molecule has 2 saturated heterocycles. The molecule has 7 rings (SSSR count). The van der Waals surface area contributed by atoms with E-state index in [1.165, 1.54) is 33.6 Å². The summed E-state index contributed by atoms with van der Waals surface area (Å²) in [6.45, 7) is 12.3. The number of benzene rings is 1. The lowest BCUT2D eigenvalue weighted by Gasteiger charge is -2.31. The van der Waals surface area contributed by atoms with Gasteiger partial charge in [-0.1, -0.05) is 39.8 Å². The summed E-state index contributed by atoms with van der Waals surface area (Å²) in [7, 11) is 0. The number of hydrogen-bond acceptors (Lipinski definition) is 9. The Kier molecular flexibility index (Phi) is 9.73. The molecule has 0 aliphatic carbocycles. The van der Waals surface area contributed by atoms with Gasteiger partial charge >= 0.3 is 0 Å². The highest BCUT2D eigenvalue weighted by atomic mass is 16.3.